The highest BCUT2D eigenvalue weighted by molar-refractivity contribution is 6.31. The van der Waals surface area contributed by atoms with Crippen molar-refractivity contribution in [1.29, 1.82) is 0 Å². The molecule has 0 aliphatic carbocycles. The summed E-state index contributed by atoms with van der Waals surface area (Å²) in [5, 5.41) is 3.12. The molecule has 0 saturated heterocycles. The number of methoxy groups -OCH3 is 1. The Morgan fingerprint density at radius 2 is 2.05 bits per heavy atom. The maximum absolute atomic E-state index is 11.7. The van der Waals surface area contributed by atoms with Crippen LogP contribution in [-0.4, -0.2) is 38.2 Å². The maximum atomic E-state index is 11.7. The number of carbonyl (C=O) groups excluding carboxylic acids is 2. The lowest BCUT2D eigenvalue weighted by molar-refractivity contribution is -0.145. The Balaban J connectivity index is 2.72. The van der Waals surface area contributed by atoms with Gasteiger partial charge in [0, 0.05) is 18.1 Å². The SMILES string of the molecule is CCOCC(=O)N[C@H](Cc1ccccc1Cl)C(=O)OC. The van der Waals surface area contributed by atoms with E-state index in [0.717, 1.165) is 5.56 Å². The quantitative estimate of drug-likeness (QED) is 0.776. The predicted molar refractivity (Wildman–Crippen MR) is 75.6 cm³/mol. The first-order valence-corrected chi connectivity index (χ1v) is 6.64. The third-order valence-corrected chi connectivity index (χ3v) is 3.01. The van der Waals surface area contributed by atoms with Gasteiger partial charge in [-0.1, -0.05) is 29.8 Å². The van der Waals surface area contributed by atoms with Crippen LogP contribution in [0.2, 0.25) is 5.02 Å². The second-order valence-electron chi connectivity index (χ2n) is 4.08. The average molecular weight is 300 g/mol. The number of benzene rings is 1. The van der Waals surface area contributed by atoms with Gasteiger partial charge in [0.05, 0.1) is 7.11 Å². The van der Waals surface area contributed by atoms with Crippen molar-refractivity contribution >= 4 is 23.5 Å². The van der Waals surface area contributed by atoms with Crippen LogP contribution in [0.1, 0.15) is 12.5 Å². The van der Waals surface area contributed by atoms with Gasteiger partial charge >= 0.3 is 5.97 Å². The lowest BCUT2D eigenvalue weighted by Crippen LogP contribution is -2.44. The number of hydrogen-bond acceptors (Lipinski definition) is 4. The summed E-state index contributed by atoms with van der Waals surface area (Å²) in [4.78, 5) is 23.3. The molecule has 1 N–H and O–H groups in total. The third kappa shape index (κ3) is 5.19. The highest BCUT2D eigenvalue weighted by Gasteiger charge is 2.22. The Kier molecular flexibility index (Phi) is 7.04. The standard InChI is InChI=1S/C14H18ClNO4/c1-3-20-9-13(17)16-12(14(18)19-2)8-10-6-4-5-7-11(10)15/h4-7,12H,3,8-9H2,1-2H3,(H,16,17)/t12-/m1/s1. The minimum absolute atomic E-state index is 0.0908. The van der Waals surface area contributed by atoms with Crippen LogP contribution < -0.4 is 5.32 Å². The van der Waals surface area contributed by atoms with Crippen molar-refractivity contribution in [2.24, 2.45) is 0 Å². The highest BCUT2D eigenvalue weighted by atomic mass is 35.5. The Hall–Kier alpha value is -1.59. The van der Waals surface area contributed by atoms with E-state index in [1.54, 1.807) is 25.1 Å². The Bertz CT molecular complexity index is 464. The minimum Gasteiger partial charge on any atom is -0.467 e. The van der Waals surface area contributed by atoms with Crippen LogP contribution in [0.25, 0.3) is 0 Å². The van der Waals surface area contributed by atoms with Crippen LogP contribution in [-0.2, 0) is 25.5 Å². The largest absolute Gasteiger partial charge is 0.467 e. The number of halogens is 1. The summed E-state index contributed by atoms with van der Waals surface area (Å²) in [5.74, 6) is -0.885. The van der Waals surface area contributed by atoms with Gasteiger partial charge in [-0.25, -0.2) is 4.79 Å². The van der Waals surface area contributed by atoms with Gasteiger partial charge in [0.1, 0.15) is 12.6 Å². The molecule has 1 aromatic rings. The zero-order valence-corrected chi connectivity index (χ0v) is 12.3. The number of carbonyl (C=O) groups is 2. The van der Waals surface area contributed by atoms with Gasteiger partial charge in [-0.2, -0.15) is 0 Å². The molecule has 0 fully saturated rings. The maximum Gasteiger partial charge on any atom is 0.328 e. The van der Waals surface area contributed by atoms with E-state index in [1.165, 1.54) is 7.11 Å². The lowest BCUT2D eigenvalue weighted by atomic mass is 10.1. The fraction of sp³-hybridized carbons (Fsp3) is 0.429. The van der Waals surface area contributed by atoms with Gasteiger partial charge in [0.2, 0.25) is 5.91 Å². The summed E-state index contributed by atoms with van der Waals surface area (Å²) >= 11 is 6.05. The van der Waals surface area contributed by atoms with E-state index in [4.69, 9.17) is 21.1 Å². The summed E-state index contributed by atoms with van der Waals surface area (Å²) in [6.45, 7) is 2.13. The van der Waals surface area contributed by atoms with E-state index >= 15 is 0 Å². The van der Waals surface area contributed by atoms with E-state index in [9.17, 15) is 9.59 Å². The third-order valence-electron chi connectivity index (χ3n) is 2.64. The van der Waals surface area contributed by atoms with E-state index in [0.29, 0.717) is 11.6 Å². The van der Waals surface area contributed by atoms with Gasteiger partial charge < -0.3 is 14.8 Å². The first-order chi connectivity index (χ1) is 9.58. The molecule has 110 valence electrons. The molecule has 1 atom stereocenters. The topological polar surface area (TPSA) is 64.6 Å². The molecule has 0 heterocycles. The Morgan fingerprint density at radius 1 is 1.35 bits per heavy atom. The summed E-state index contributed by atoms with van der Waals surface area (Å²) < 4.78 is 9.69. The zero-order chi connectivity index (χ0) is 15.0. The molecular formula is C14H18ClNO4. The van der Waals surface area contributed by atoms with E-state index in [1.807, 2.05) is 6.07 Å². The summed E-state index contributed by atoms with van der Waals surface area (Å²) in [5.41, 5.74) is 0.765. The van der Waals surface area contributed by atoms with Gasteiger partial charge in [-0.05, 0) is 18.6 Å². The van der Waals surface area contributed by atoms with E-state index < -0.39 is 12.0 Å². The number of rotatable bonds is 7. The molecule has 20 heavy (non-hydrogen) atoms. The highest BCUT2D eigenvalue weighted by Crippen LogP contribution is 2.17. The van der Waals surface area contributed by atoms with Crippen LogP contribution in [0.15, 0.2) is 24.3 Å². The summed E-state index contributed by atoms with van der Waals surface area (Å²) in [6.07, 6.45) is 0.268. The Labute approximate surface area is 123 Å². The molecule has 0 aliphatic heterocycles. The van der Waals surface area contributed by atoms with Crippen molar-refractivity contribution in [3.8, 4) is 0 Å². The number of nitrogens with one attached hydrogen (secondary N) is 1. The van der Waals surface area contributed by atoms with Gasteiger partial charge in [0.15, 0.2) is 0 Å². The first kappa shape index (κ1) is 16.5. The molecule has 0 aromatic heterocycles. The normalized spacial score (nSPS) is 11.8. The van der Waals surface area contributed by atoms with Gasteiger partial charge in [0.25, 0.3) is 0 Å². The Morgan fingerprint density at radius 3 is 2.65 bits per heavy atom. The van der Waals surface area contributed by atoms with Crippen LogP contribution in [0.3, 0.4) is 0 Å². The fourth-order valence-corrected chi connectivity index (χ4v) is 1.86. The summed E-state index contributed by atoms with van der Waals surface area (Å²) in [7, 11) is 1.27. The van der Waals surface area contributed by atoms with Gasteiger partial charge in [-0.3, -0.25) is 4.79 Å². The van der Waals surface area contributed by atoms with Crippen LogP contribution in [0, 0.1) is 0 Å². The molecule has 0 unspecified atom stereocenters. The van der Waals surface area contributed by atoms with Crippen molar-refractivity contribution in [3.63, 3.8) is 0 Å². The van der Waals surface area contributed by atoms with Crippen molar-refractivity contribution < 1.29 is 19.1 Å². The molecule has 5 nitrogen and oxygen atoms in total. The predicted octanol–water partition coefficient (Wildman–Crippen LogP) is 1.58. The monoisotopic (exact) mass is 299 g/mol. The number of amides is 1. The molecule has 1 aromatic carbocycles. The molecule has 1 amide bonds. The summed E-state index contributed by atoms with van der Waals surface area (Å²) in [6, 6.07) is 6.36. The van der Waals surface area contributed by atoms with Crippen LogP contribution >= 0.6 is 11.6 Å². The van der Waals surface area contributed by atoms with Crippen molar-refractivity contribution in [3.05, 3.63) is 34.9 Å². The zero-order valence-electron chi connectivity index (χ0n) is 11.5. The molecule has 1 rings (SSSR count). The second kappa shape index (κ2) is 8.55. The number of hydrogen-bond donors (Lipinski definition) is 1. The van der Waals surface area contributed by atoms with Crippen molar-refractivity contribution in [2.75, 3.05) is 20.3 Å². The van der Waals surface area contributed by atoms with Crippen molar-refractivity contribution in [1.82, 2.24) is 5.32 Å². The average Bonchev–Trinajstić information content (AvgIpc) is 2.45. The fourth-order valence-electron chi connectivity index (χ4n) is 1.65. The number of esters is 1. The van der Waals surface area contributed by atoms with Crippen molar-refractivity contribution in [2.45, 2.75) is 19.4 Å². The molecule has 0 aliphatic rings. The number of ether oxygens (including phenoxy) is 2. The second-order valence-corrected chi connectivity index (χ2v) is 4.48. The molecule has 6 heteroatoms. The molecule has 0 radical (unpaired) electrons. The lowest BCUT2D eigenvalue weighted by Gasteiger charge is -2.17. The molecule has 0 saturated carbocycles. The van der Waals surface area contributed by atoms with Gasteiger partial charge in [-0.15, -0.1) is 0 Å². The molecular weight excluding hydrogens is 282 g/mol. The first-order valence-electron chi connectivity index (χ1n) is 6.26. The van der Waals surface area contributed by atoms with E-state index in [2.05, 4.69) is 5.32 Å². The van der Waals surface area contributed by atoms with E-state index in [-0.39, 0.29) is 18.9 Å². The smallest absolute Gasteiger partial charge is 0.328 e. The molecule has 0 spiro atoms. The van der Waals surface area contributed by atoms with Crippen LogP contribution in [0.4, 0.5) is 0 Å². The van der Waals surface area contributed by atoms with Crippen LogP contribution in [0.5, 0.6) is 0 Å². The minimum atomic E-state index is -0.784. The molecule has 0 bridgehead atoms.